The number of hydrogen-bond donors (Lipinski definition) is 2. The van der Waals surface area contributed by atoms with Gasteiger partial charge in [-0.1, -0.05) is 5.16 Å². The van der Waals surface area contributed by atoms with E-state index in [1.807, 2.05) is 6.92 Å². The van der Waals surface area contributed by atoms with Crippen LogP contribution in [0.4, 0.5) is 8.78 Å². The van der Waals surface area contributed by atoms with Gasteiger partial charge in [-0.05, 0) is 50.5 Å². The summed E-state index contributed by atoms with van der Waals surface area (Å²) < 4.78 is 31.6. The number of carbonyl (C=O) groups excluding carboxylic acids is 2. The van der Waals surface area contributed by atoms with Gasteiger partial charge in [-0.15, -0.1) is 0 Å². The van der Waals surface area contributed by atoms with Crippen LogP contribution in [-0.2, 0) is 11.4 Å². The normalized spacial score (nSPS) is 23.4. The summed E-state index contributed by atoms with van der Waals surface area (Å²) in [6.45, 7) is 3.08. The smallest absolute Gasteiger partial charge is 0.274 e. The number of halogens is 2. The molecule has 5 heterocycles. The number of rotatable bonds is 3. The zero-order valence-electron chi connectivity index (χ0n) is 21.7. The van der Waals surface area contributed by atoms with Crippen LogP contribution in [0.2, 0.25) is 0 Å². The Hall–Kier alpha value is -4.55. The zero-order valence-corrected chi connectivity index (χ0v) is 21.7. The molecule has 1 saturated heterocycles. The monoisotopic (exact) mass is 552 g/mol. The molecule has 11 nitrogen and oxygen atoms in total. The summed E-state index contributed by atoms with van der Waals surface area (Å²) in [6.07, 6.45) is 5.95. The Labute approximate surface area is 226 Å². The molecule has 1 spiro atoms. The summed E-state index contributed by atoms with van der Waals surface area (Å²) in [5.74, 6) is -3.51. The van der Waals surface area contributed by atoms with Crippen molar-refractivity contribution in [2.24, 2.45) is 5.16 Å². The third-order valence-electron chi connectivity index (χ3n) is 8.02. The molecule has 1 aromatic carbocycles. The number of fused-ring (bicyclic) bond motifs is 5. The SMILES string of the molecule is Cc1cc(F)c(CNC(=O)c2cn3c(c(O)c2=O)C(=O)N2C[C@@H]3[C@]3(CC[C@@H]2C)CC(n2cccn2)=NO3)c(F)c1. The molecule has 6 rings (SSSR count). The number of oxime groups is 1. The minimum absolute atomic E-state index is 0.193. The number of nitrogens with one attached hydrogen (secondary N) is 1. The topological polar surface area (TPSA) is 131 Å². The number of aromatic hydroxyl groups is 1. The van der Waals surface area contributed by atoms with Crippen molar-refractivity contribution in [3.8, 4) is 5.75 Å². The minimum atomic E-state index is -1.07. The fraction of sp³-hybridized carbons (Fsp3) is 0.370. The highest BCUT2D eigenvalue weighted by atomic mass is 19.1. The lowest BCUT2D eigenvalue weighted by molar-refractivity contribution is -0.0655. The molecule has 0 saturated carbocycles. The van der Waals surface area contributed by atoms with Crippen molar-refractivity contribution in [1.29, 1.82) is 0 Å². The quantitative estimate of drug-likeness (QED) is 0.513. The Morgan fingerprint density at radius 3 is 2.73 bits per heavy atom. The van der Waals surface area contributed by atoms with E-state index in [0.717, 1.165) is 12.1 Å². The summed E-state index contributed by atoms with van der Waals surface area (Å²) >= 11 is 0. The lowest BCUT2D eigenvalue weighted by Gasteiger charge is -2.41. The largest absolute Gasteiger partial charge is 0.503 e. The first-order valence-electron chi connectivity index (χ1n) is 12.9. The van der Waals surface area contributed by atoms with E-state index in [-0.39, 0.29) is 23.8 Å². The van der Waals surface area contributed by atoms with Crippen LogP contribution in [0.15, 0.2) is 46.7 Å². The average Bonchev–Trinajstić information content (AvgIpc) is 3.57. The lowest BCUT2D eigenvalue weighted by Crippen LogP contribution is -2.52. The molecule has 3 atom stereocenters. The number of amides is 2. The highest BCUT2D eigenvalue weighted by molar-refractivity contribution is 5.99. The van der Waals surface area contributed by atoms with Gasteiger partial charge in [0.1, 0.15) is 17.2 Å². The molecule has 0 radical (unpaired) electrons. The molecule has 3 aliphatic rings. The number of pyridine rings is 1. The Kier molecular flexibility index (Phi) is 5.97. The molecule has 0 aliphatic carbocycles. The van der Waals surface area contributed by atoms with Gasteiger partial charge < -0.3 is 24.7 Å². The molecule has 40 heavy (non-hydrogen) atoms. The molecular formula is C27H26F2N6O5. The second-order valence-electron chi connectivity index (χ2n) is 10.5. The van der Waals surface area contributed by atoms with Crippen molar-refractivity contribution in [3.63, 3.8) is 0 Å². The Morgan fingerprint density at radius 1 is 1.27 bits per heavy atom. The molecule has 13 heteroatoms. The van der Waals surface area contributed by atoms with E-state index in [0.29, 0.717) is 30.7 Å². The van der Waals surface area contributed by atoms with Gasteiger partial charge in [0.05, 0.1) is 12.5 Å². The van der Waals surface area contributed by atoms with Crippen molar-refractivity contribution < 1.29 is 28.3 Å². The van der Waals surface area contributed by atoms with E-state index in [4.69, 9.17) is 4.84 Å². The summed E-state index contributed by atoms with van der Waals surface area (Å²) in [4.78, 5) is 47.3. The number of aromatic nitrogens is 3. The number of hydrogen-bond acceptors (Lipinski definition) is 7. The average molecular weight is 553 g/mol. The highest BCUT2D eigenvalue weighted by Gasteiger charge is 2.54. The number of carbonyl (C=O) groups is 2. The molecule has 208 valence electrons. The van der Waals surface area contributed by atoms with Crippen LogP contribution in [0.5, 0.6) is 5.75 Å². The number of benzene rings is 1. The number of nitrogens with zero attached hydrogens (tertiary/aromatic N) is 5. The third-order valence-corrected chi connectivity index (χ3v) is 8.02. The van der Waals surface area contributed by atoms with Crippen molar-refractivity contribution in [2.75, 3.05) is 6.54 Å². The molecule has 3 aromatic rings. The summed E-state index contributed by atoms with van der Waals surface area (Å²) in [6, 6.07) is 3.19. The van der Waals surface area contributed by atoms with Crippen molar-refractivity contribution in [2.45, 2.75) is 57.3 Å². The van der Waals surface area contributed by atoms with E-state index in [9.17, 15) is 28.3 Å². The highest BCUT2D eigenvalue weighted by Crippen LogP contribution is 2.46. The predicted octanol–water partition coefficient (Wildman–Crippen LogP) is 2.47. The molecule has 2 amide bonds. The van der Waals surface area contributed by atoms with Gasteiger partial charge in [-0.2, -0.15) is 5.10 Å². The van der Waals surface area contributed by atoms with E-state index < -0.39 is 58.4 Å². The van der Waals surface area contributed by atoms with Crippen molar-refractivity contribution in [1.82, 2.24) is 24.6 Å². The predicted molar refractivity (Wildman–Crippen MR) is 137 cm³/mol. The van der Waals surface area contributed by atoms with E-state index >= 15 is 0 Å². The van der Waals surface area contributed by atoms with Crippen molar-refractivity contribution >= 4 is 17.6 Å². The van der Waals surface area contributed by atoms with Crippen LogP contribution in [0.25, 0.3) is 0 Å². The van der Waals surface area contributed by atoms with Crippen LogP contribution in [0, 0.1) is 18.6 Å². The van der Waals surface area contributed by atoms with Crippen LogP contribution in [-0.4, -0.2) is 60.2 Å². The van der Waals surface area contributed by atoms with Crippen LogP contribution in [0.1, 0.15) is 64.2 Å². The zero-order chi connectivity index (χ0) is 28.3. The number of aryl methyl sites for hydroxylation is 1. The fourth-order valence-electron chi connectivity index (χ4n) is 5.80. The Bertz CT molecular complexity index is 1610. The first-order chi connectivity index (χ1) is 19.1. The van der Waals surface area contributed by atoms with Gasteiger partial charge in [0.15, 0.2) is 22.9 Å². The first-order valence-corrected chi connectivity index (χ1v) is 12.9. The molecule has 2 bridgehead atoms. The standard InChI is InChI=1S/C27H26F2N6O5/c1-14-8-18(28)16(19(29)9-14)11-30-25(38)17-12-34-20-13-33(26(39)22(34)24(37)23(17)36)15(2)4-5-27(20)10-21(32-40-27)35-7-3-6-31-35/h3,6-9,12,15,20,37H,4-5,10-11,13H2,1-2H3,(H,30,38)/t15-,20+,27-/m0/s1. The minimum Gasteiger partial charge on any atom is -0.503 e. The van der Waals surface area contributed by atoms with Crippen LogP contribution < -0.4 is 10.7 Å². The van der Waals surface area contributed by atoms with Crippen LogP contribution in [0.3, 0.4) is 0 Å². The molecule has 1 fully saturated rings. The summed E-state index contributed by atoms with van der Waals surface area (Å²) in [5, 5.41) is 21.8. The van der Waals surface area contributed by atoms with Gasteiger partial charge in [0, 0.05) is 43.3 Å². The maximum Gasteiger partial charge on any atom is 0.274 e. The first kappa shape index (κ1) is 25.7. The summed E-state index contributed by atoms with van der Waals surface area (Å²) in [5.41, 5.74) is -2.74. The van der Waals surface area contributed by atoms with Gasteiger partial charge in [-0.25, -0.2) is 13.5 Å². The second kappa shape index (κ2) is 9.28. The molecule has 0 unspecified atom stereocenters. The molecular weight excluding hydrogens is 526 g/mol. The maximum absolute atomic E-state index is 14.3. The van der Waals surface area contributed by atoms with E-state index in [2.05, 4.69) is 15.6 Å². The maximum atomic E-state index is 14.3. The summed E-state index contributed by atoms with van der Waals surface area (Å²) in [7, 11) is 0. The molecule has 2 aromatic heterocycles. The van der Waals surface area contributed by atoms with Gasteiger partial charge >= 0.3 is 0 Å². The third kappa shape index (κ3) is 3.95. The van der Waals surface area contributed by atoms with E-state index in [1.54, 1.807) is 28.0 Å². The Balaban J connectivity index is 1.39. The second-order valence-corrected chi connectivity index (χ2v) is 10.5. The van der Waals surface area contributed by atoms with Crippen molar-refractivity contribution in [3.05, 3.63) is 81.0 Å². The molecule has 2 N–H and O–H groups in total. The van der Waals surface area contributed by atoms with E-state index in [1.165, 1.54) is 17.7 Å². The molecule has 3 aliphatic heterocycles. The van der Waals surface area contributed by atoms with Gasteiger partial charge in [-0.3, -0.25) is 14.4 Å². The fourth-order valence-corrected chi connectivity index (χ4v) is 5.80. The van der Waals surface area contributed by atoms with Gasteiger partial charge in [0.2, 0.25) is 5.43 Å². The lowest BCUT2D eigenvalue weighted by atomic mass is 9.85. The van der Waals surface area contributed by atoms with Crippen LogP contribution >= 0.6 is 0 Å². The Morgan fingerprint density at radius 2 is 2.02 bits per heavy atom. The van der Waals surface area contributed by atoms with Gasteiger partial charge in [0.25, 0.3) is 11.8 Å².